The lowest BCUT2D eigenvalue weighted by Gasteiger charge is -2.32. The van der Waals surface area contributed by atoms with Crippen LogP contribution in [-0.4, -0.2) is 6.29 Å². The summed E-state index contributed by atoms with van der Waals surface area (Å²) in [6.07, 6.45) is 19.1. The van der Waals surface area contributed by atoms with Gasteiger partial charge in [0.15, 0.2) is 0 Å². The fraction of sp³-hybridized carbons (Fsp3) is 0.952. The van der Waals surface area contributed by atoms with Gasteiger partial charge < -0.3 is 4.79 Å². The second kappa shape index (κ2) is 9.73. The van der Waals surface area contributed by atoms with E-state index in [-0.39, 0.29) is 0 Å². The molecule has 0 radical (unpaired) electrons. The van der Waals surface area contributed by atoms with Crippen molar-refractivity contribution in [2.24, 2.45) is 29.6 Å². The van der Waals surface area contributed by atoms with Crippen LogP contribution >= 0.6 is 0 Å². The molecule has 0 aliphatic heterocycles. The molecule has 2 rings (SSSR count). The average Bonchev–Trinajstić information content (AvgIpc) is 2.54. The summed E-state index contributed by atoms with van der Waals surface area (Å²) in [5.41, 5.74) is 0. The van der Waals surface area contributed by atoms with Gasteiger partial charge in [-0.1, -0.05) is 71.6 Å². The van der Waals surface area contributed by atoms with Crippen LogP contribution in [0.1, 0.15) is 97.3 Å². The van der Waals surface area contributed by atoms with Crippen LogP contribution in [0.25, 0.3) is 0 Å². The molecule has 1 heteroatoms. The highest BCUT2D eigenvalue weighted by Gasteiger charge is 2.25. The number of carbonyl (C=O) groups is 1. The van der Waals surface area contributed by atoms with Gasteiger partial charge in [0.25, 0.3) is 0 Å². The molecule has 5 atom stereocenters. The van der Waals surface area contributed by atoms with Gasteiger partial charge >= 0.3 is 0 Å². The van der Waals surface area contributed by atoms with Crippen molar-refractivity contribution in [3.8, 4) is 0 Å². The molecule has 2 aliphatic carbocycles. The zero-order valence-electron chi connectivity index (χ0n) is 15.1. The molecule has 1 nitrogen and oxygen atoms in total. The summed E-state index contributed by atoms with van der Waals surface area (Å²) in [5, 5.41) is 0. The normalized spacial score (nSPS) is 36.2. The molecule has 22 heavy (non-hydrogen) atoms. The van der Waals surface area contributed by atoms with Crippen molar-refractivity contribution in [2.75, 3.05) is 0 Å². The topological polar surface area (TPSA) is 17.1 Å². The first kappa shape index (κ1) is 18.0. The SMILES string of the molecule is CC1CCC(CCCCCCC2CCCCC2C=O)CC1C. The fourth-order valence-electron chi connectivity index (χ4n) is 4.89. The number of hydrogen-bond acceptors (Lipinski definition) is 1. The summed E-state index contributed by atoms with van der Waals surface area (Å²) in [5.74, 6) is 4.03. The highest BCUT2D eigenvalue weighted by atomic mass is 16.1. The molecule has 0 amide bonds. The number of carbonyl (C=O) groups excluding carboxylic acids is 1. The molecule has 2 fully saturated rings. The second-order valence-electron chi connectivity index (χ2n) is 8.47. The minimum Gasteiger partial charge on any atom is -0.303 e. The van der Waals surface area contributed by atoms with Crippen molar-refractivity contribution in [1.29, 1.82) is 0 Å². The Morgan fingerprint density at radius 2 is 1.55 bits per heavy atom. The average molecular weight is 307 g/mol. The van der Waals surface area contributed by atoms with Gasteiger partial charge in [0.05, 0.1) is 0 Å². The molecule has 0 bridgehead atoms. The van der Waals surface area contributed by atoms with E-state index in [0.29, 0.717) is 11.8 Å². The van der Waals surface area contributed by atoms with E-state index in [2.05, 4.69) is 13.8 Å². The van der Waals surface area contributed by atoms with E-state index >= 15 is 0 Å². The van der Waals surface area contributed by atoms with E-state index < -0.39 is 0 Å². The maximum atomic E-state index is 11.1. The first-order chi connectivity index (χ1) is 10.7. The summed E-state index contributed by atoms with van der Waals surface area (Å²) >= 11 is 0. The molecule has 128 valence electrons. The number of hydrogen-bond donors (Lipinski definition) is 0. The van der Waals surface area contributed by atoms with Crippen LogP contribution in [0.4, 0.5) is 0 Å². The van der Waals surface area contributed by atoms with Crippen molar-refractivity contribution in [3.63, 3.8) is 0 Å². The van der Waals surface area contributed by atoms with Crippen LogP contribution in [0.3, 0.4) is 0 Å². The Hall–Kier alpha value is -0.330. The smallest absolute Gasteiger partial charge is 0.123 e. The van der Waals surface area contributed by atoms with Crippen molar-refractivity contribution < 1.29 is 4.79 Å². The molecule has 2 aliphatic rings. The van der Waals surface area contributed by atoms with Gasteiger partial charge in [-0.05, 0) is 49.4 Å². The lowest BCUT2D eigenvalue weighted by molar-refractivity contribution is -0.113. The number of rotatable bonds is 8. The van der Waals surface area contributed by atoms with Crippen LogP contribution in [0.5, 0.6) is 0 Å². The lowest BCUT2D eigenvalue weighted by Crippen LogP contribution is -2.20. The summed E-state index contributed by atoms with van der Waals surface area (Å²) in [6, 6.07) is 0. The minimum absolute atomic E-state index is 0.388. The van der Waals surface area contributed by atoms with Crippen molar-refractivity contribution in [3.05, 3.63) is 0 Å². The van der Waals surface area contributed by atoms with Crippen LogP contribution in [0.2, 0.25) is 0 Å². The summed E-state index contributed by atoms with van der Waals surface area (Å²) < 4.78 is 0. The van der Waals surface area contributed by atoms with Gasteiger partial charge in [0.1, 0.15) is 6.29 Å². The van der Waals surface area contributed by atoms with E-state index in [1.807, 2.05) is 0 Å². The Morgan fingerprint density at radius 3 is 2.27 bits per heavy atom. The van der Waals surface area contributed by atoms with E-state index in [1.165, 1.54) is 83.3 Å². The Morgan fingerprint density at radius 1 is 0.818 bits per heavy atom. The van der Waals surface area contributed by atoms with Gasteiger partial charge in [-0.15, -0.1) is 0 Å². The molecule has 0 N–H and O–H groups in total. The molecule has 0 spiro atoms. The monoisotopic (exact) mass is 306 g/mol. The van der Waals surface area contributed by atoms with Crippen LogP contribution in [0.15, 0.2) is 0 Å². The molecule has 2 saturated carbocycles. The second-order valence-corrected chi connectivity index (χ2v) is 8.47. The number of unbranched alkanes of at least 4 members (excludes halogenated alkanes) is 3. The molecule has 0 heterocycles. The van der Waals surface area contributed by atoms with Crippen molar-refractivity contribution in [1.82, 2.24) is 0 Å². The number of aldehydes is 1. The standard InChI is InChI=1S/C21H38O/c1-17-13-14-19(15-18(17)2)9-5-3-4-6-10-20-11-7-8-12-21(20)16-22/h16-21H,3-15H2,1-2H3. The quantitative estimate of drug-likeness (QED) is 0.374. The third kappa shape index (κ3) is 5.70. The zero-order chi connectivity index (χ0) is 15.8. The van der Waals surface area contributed by atoms with Gasteiger partial charge in [-0.25, -0.2) is 0 Å². The Labute approximate surface area is 138 Å². The van der Waals surface area contributed by atoms with Crippen LogP contribution in [0, 0.1) is 29.6 Å². The zero-order valence-corrected chi connectivity index (χ0v) is 15.1. The third-order valence-corrected chi connectivity index (χ3v) is 6.79. The maximum Gasteiger partial charge on any atom is 0.123 e. The highest BCUT2D eigenvalue weighted by molar-refractivity contribution is 5.54. The Balaban J connectivity index is 1.50. The molecule has 0 aromatic heterocycles. The van der Waals surface area contributed by atoms with Gasteiger partial charge in [-0.3, -0.25) is 0 Å². The minimum atomic E-state index is 0.388. The predicted octanol–water partition coefficient (Wildman–Crippen LogP) is 6.40. The van der Waals surface area contributed by atoms with Gasteiger partial charge in [0.2, 0.25) is 0 Å². The molecular formula is C21H38O. The first-order valence-corrected chi connectivity index (χ1v) is 10.2. The molecule has 5 unspecified atom stereocenters. The Kier molecular flexibility index (Phi) is 7.97. The molecule has 0 saturated heterocycles. The molecular weight excluding hydrogens is 268 g/mol. The lowest BCUT2D eigenvalue weighted by atomic mass is 9.74. The summed E-state index contributed by atoms with van der Waals surface area (Å²) in [4.78, 5) is 11.1. The first-order valence-electron chi connectivity index (χ1n) is 10.2. The summed E-state index contributed by atoms with van der Waals surface area (Å²) in [6.45, 7) is 4.88. The van der Waals surface area contributed by atoms with Crippen LogP contribution in [-0.2, 0) is 4.79 Å². The van der Waals surface area contributed by atoms with E-state index in [4.69, 9.17) is 0 Å². The third-order valence-electron chi connectivity index (χ3n) is 6.79. The van der Waals surface area contributed by atoms with Crippen molar-refractivity contribution in [2.45, 2.75) is 97.3 Å². The Bertz CT molecular complexity index is 311. The largest absolute Gasteiger partial charge is 0.303 e. The van der Waals surface area contributed by atoms with E-state index in [0.717, 1.165) is 24.2 Å². The maximum absolute atomic E-state index is 11.1. The van der Waals surface area contributed by atoms with Crippen LogP contribution < -0.4 is 0 Å². The van der Waals surface area contributed by atoms with E-state index in [9.17, 15) is 4.79 Å². The van der Waals surface area contributed by atoms with Crippen molar-refractivity contribution >= 4 is 6.29 Å². The summed E-state index contributed by atoms with van der Waals surface area (Å²) in [7, 11) is 0. The highest BCUT2D eigenvalue weighted by Crippen LogP contribution is 2.36. The van der Waals surface area contributed by atoms with E-state index in [1.54, 1.807) is 0 Å². The van der Waals surface area contributed by atoms with Gasteiger partial charge in [0, 0.05) is 5.92 Å². The molecule has 0 aromatic rings. The molecule has 0 aromatic carbocycles. The fourth-order valence-corrected chi connectivity index (χ4v) is 4.89. The predicted molar refractivity (Wildman–Crippen MR) is 94.9 cm³/mol. The van der Waals surface area contributed by atoms with Gasteiger partial charge in [-0.2, -0.15) is 0 Å².